The van der Waals surface area contributed by atoms with E-state index in [-0.39, 0.29) is 6.03 Å². The van der Waals surface area contributed by atoms with E-state index in [4.69, 9.17) is 11.5 Å². The molecule has 348 valence electrons. The number of nitrogens with zero attached hydrogens (tertiary/aromatic N) is 2. The molecule has 0 aromatic heterocycles. The van der Waals surface area contributed by atoms with Gasteiger partial charge < -0.3 is 31.9 Å². The Hall–Kier alpha value is -0.890. The van der Waals surface area contributed by atoms with Gasteiger partial charge in [-0.15, -0.1) is 0 Å². The summed E-state index contributed by atoms with van der Waals surface area (Å²) in [4.78, 5) is 18.5. The summed E-state index contributed by atoms with van der Waals surface area (Å²) in [6, 6.07) is 0.280. The first-order chi connectivity index (χ1) is 28.7. The molecule has 0 aliphatic rings. The predicted octanol–water partition coefficient (Wildman–Crippen LogP) is 13.7. The monoisotopic (exact) mass is 821 g/mol. The predicted molar refractivity (Wildman–Crippen MR) is 259 cm³/mol. The smallest absolute Gasteiger partial charge is 0.319 e. The Labute approximate surface area is 364 Å². The summed E-state index contributed by atoms with van der Waals surface area (Å²) in [5.74, 6) is 0. The lowest BCUT2D eigenvalue weighted by Gasteiger charge is -2.31. The first-order valence-corrected chi connectivity index (χ1v) is 26.6. The van der Waals surface area contributed by atoms with Crippen LogP contribution in [-0.2, 0) is 0 Å². The van der Waals surface area contributed by atoms with E-state index in [9.17, 15) is 4.79 Å². The standard InChI is InChI=1S/C51H108N6O/c1-3-5-7-9-11-13-15-17-19-21-23-25-27-29-31-36-47-56(48-37-32-30-28-26-24-22-20-18-16-14-12-10-8-6-4-2)51(58)57(49-38-33-41-52)50-40-46-55-44-35-34-43-54-45-39-42-53/h54-55H,3-50,52-53H2,1-2H3. The molecular weight excluding hydrogens is 713 g/mol. The maximum Gasteiger partial charge on any atom is 0.319 e. The molecule has 0 saturated heterocycles. The highest BCUT2D eigenvalue weighted by Crippen LogP contribution is 2.17. The number of carbonyl (C=O) groups is 1. The molecule has 0 heterocycles. The van der Waals surface area contributed by atoms with E-state index in [1.54, 1.807) is 0 Å². The zero-order valence-corrected chi connectivity index (χ0v) is 39.9. The minimum Gasteiger partial charge on any atom is -0.330 e. The minimum absolute atomic E-state index is 0.280. The number of hydrogen-bond donors (Lipinski definition) is 4. The van der Waals surface area contributed by atoms with E-state index in [2.05, 4.69) is 34.3 Å². The zero-order valence-electron chi connectivity index (χ0n) is 39.9. The van der Waals surface area contributed by atoms with E-state index < -0.39 is 0 Å². The van der Waals surface area contributed by atoms with Crippen LogP contribution in [0, 0.1) is 0 Å². The SMILES string of the molecule is CCCCCCCCCCCCCCCCCCN(CCCCCCCCCCCCCCCCCC)C(=O)N(CCCCN)CCCNCCCCNCCCN. The molecule has 0 bridgehead atoms. The second-order valence-corrected chi connectivity index (χ2v) is 18.1. The van der Waals surface area contributed by atoms with Gasteiger partial charge in [0.2, 0.25) is 0 Å². The van der Waals surface area contributed by atoms with Gasteiger partial charge in [0.25, 0.3) is 0 Å². The Morgan fingerprint density at radius 1 is 0.310 bits per heavy atom. The van der Waals surface area contributed by atoms with Crippen molar-refractivity contribution in [1.82, 2.24) is 20.4 Å². The van der Waals surface area contributed by atoms with Gasteiger partial charge in [-0.05, 0) is 90.6 Å². The fourth-order valence-electron chi connectivity index (χ4n) is 8.33. The van der Waals surface area contributed by atoms with Crippen molar-refractivity contribution in [2.45, 2.75) is 258 Å². The van der Waals surface area contributed by atoms with Gasteiger partial charge >= 0.3 is 6.03 Å². The van der Waals surface area contributed by atoms with E-state index in [1.165, 1.54) is 205 Å². The zero-order chi connectivity index (χ0) is 42.1. The van der Waals surface area contributed by atoms with Gasteiger partial charge in [-0.3, -0.25) is 0 Å². The van der Waals surface area contributed by atoms with Gasteiger partial charge in [0, 0.05) is 26.2 Å². The Morgan fingerprint density at radius 2 is 0.552 bits per heavy atom. The van der Waals surface area contributed by atoms with Gasteiger partial charge in [-0.25, -0.2) is 4.79 Å². The molecule has 0 aromatic rings. The Balaban J connectivity index is 4.57. The maximum absolute atomic E-state index is 14.1. The van der Waals surface area contributed by atoms with Crippen LogP contribution < -0.4 is 22.1 Å². The summed E-state index contributed by atoms with van der Waals surface area (Å²) < 4.78 is 0. The average Bonchev–Trinajstić information content (AvgIpc) is 3.23. The van der Waals surface area contributed by atoms with Crippen molar-refractivity contribution in [1.29, 1.82) is 0 Å². The molecule has 0 aliphatic carbocycles. The molecule has 0 fully saturated rings. The number of urea groups is 1. The molecule has 0 spiro atoms. The molecule has 2 amide bonds. The van der Waals surface area contributed by atoms with Crippen molar-refractivity contribution >= 4 is 6.03 Å². The average molecular weight is 821 g/mol. The summed E-state index contributed by atoms with van der Waals surface area (Å²) in [5.41, 5.74) is 11.5. The van der Waals surface area contributed by atoms with Crippen LogP contribution in [0.5, 0.6) is 0 Å². The largest absolute Gasteiger partial charge is 0.330 e. The lowest BCUT2D eigenvalue weighted by Crippen LogP contribution is -2.45. The first kappa shape index (κ1) is 57.1. The number of nitrogens with one attached hydrogen (secondary N) is 2. The van der Waals surface area contributed by atoms with Gasteiger partial charge in [-0.1, -0.05) is 206 Å². The van der Waals surface area contributed by atoms with Crippen LogP contribution in [0.3, 0.4) is 0 Å². The van der Waals surface area contributed by atoms with Gasteiger partial charge in [-0.2, -0.15) is 0 Å². The van der Waals surface area contributed by atoms with Gasteiger partial charge in [0.1, 0.15) is 0 Å². The van der Waals surface area contributed by atoms with Crippen LogP contribution >= 0.6 is 0 Å². The molecule has 7 nitrogen and oxygen atoms in total. The number of carbonyl (C=O) groups excluding carboxylic acids is 1. The number of unbranched alkanes of at least 4 members (excludes halogenated alkanes) is 32. The van der Waals surface area contributed by atoms with Crippen LogP contribution in [0.25, 0.3) is 0 Å². The van der Waals surface area contributed by atoms with E-state index in [0.717, 1.165) is 97.4 Å². The lowest BCUT2D eigenvalue weighted by molar-refractivity contribution is 0.149. The fourth-order valence-corrected chi connectivity index (χ4v) is 8.33. The molecule has 6 N–H and O–H groups in total. The number of nitrogens with two attached hydrogens (primary N) is 2. The summed E-state index contributed by atoms with van der Waals surface area (Å²) >= 11 is 0. The number of hydrogen-bond acceptors (Lipinski definition) is 5. The first-order valence-electron chi connectivity index (χ1n) is 26.6. The topological polar surface area (TPSA) is 99.7 Å². The molecule has 7 heteroatoms. The summed E-state index contributed by atoms with van der Waals surface area (Å²) in [7, 11) is 0. The maximum atomic E-state index is 14.1. The van der Waals surface area contributed by atoms with Crippen molar-refractivity contribution in [2.24, 2.45) is 11.5 Å². The second-order valence-electron chi connectivity index (χ2n) is 18.1. The summed E-state index contributed by atoms with van der Waals surface area (Å²) in [5, 5.41) is 7.10. The van der Waals surface area contributed by atoms with Crippen molar-refractivity contribution in [3.05, 3.63) is 0 Å². The molecule has 0 radical (unpaired) electrons. The van der Waals surface area contributed by atoms with Crippen molar-refractivity contribution < 1.29 is 4.79 Å². The van der Waals surface area contributed by atoms with E-state index in [0.29, 0.717) is 6.54 Å². The van der Waals surface area contributed by atoms with Gasteiger partial charge in [0.15, 0.2) is 0 Å². The Bertz CT molecular complexity index is 733. The highest BCUT2D eigenvalue weighted by molar-refractivity contribution is 5.74. The third kappa shape index (κ3) is 43.2. The molecule has 58 heavy (non-hydrogen) atoms. The Kier molecular flexibility index (Phi) is 49.7. The van der Waals surface area contributed by atoms with Crippen molar-refractivity contribution in [3.63, 3.8) is 0 Å². The summed E-state index contributed by atoms with van der Waals surface area (Å²) in [6.45, 7) is 13.7. The molecule has 0 aliphatic heterocycles. The van der Waals surface area contributed by atoms with Gasteiger partial charge in [0.05, 0.1) is 0 Å². The van der Waals surface area contributed by atoms with Crippen LogP contribution in [0.4, 0.5) is 4.79 Å². The molecule has 0 unspecified atom stereocenters. The van der Waals surface area contributed by atoms with Crippen molar-refractivity contribution in [3.8, 4) is 0 Å². The molecule has 0 atom stereocenters. The van der Waals surface area contributed by atoms with E-state index in [1.807, 2.05) is 0 Å². The highest BCUT2D eigenvalue weighted by Gasteiger charge is 2.20. The molecular formula is C51H108N6O. The molecule has 0 rings (SSSR count). The Morgan fingerprint density at radius 3 is 0.862 bits per heavy atom. The summed E-state index contributed by atoms with van der Waals surface area (Å²) in [6.07, 6.45) is 50.6. The lowest BCUT2D eigenvalue weighted by atomic mass is 10.0. The van der Waals surface area contributed by atoms with Crippen LogP contribution in [0.15, 0.2) is 0 Å². The molecule has 0 aromatic carbocycles. The fraction of sp³-hybridized carbons (Fsp3) is 0.980. The second kappa shape index (κ2) is 50.5. The molecule has 0 saturated carbocycles. The third-order valence-corrected chi connectivity index (χ3v) is 12.3. The third-order valence-electron chi connectivity index (χ3n) is 12.3. The van der Waals surface area contributed by atoms with E-state index >= 15 is 0 Å². The van der Waals surface area contributed by atoms with Crippen LogP contribution in [0.1, 0.15) is 258 Å². The number of amides is 2. The highest BCUT2D eigenvalue weighted by atomic mass is 16.2. The normalized spacial score (nSPS) is 11.5. The van der Waals surface area contributed by atoms with Crippen LogP contribution in [-0.4, -0.2) is 81.3 Å². The van der Waals surface area contributed by atoms with Crippen molar-refractivity contribution in [2.75, 3.05) is 65.4 Å². The quantitative estimate of drug-likeness (QED) is 0.0458. The van der Waals surface area contributed by atoms with Crippen LogP contribution in [0.2, 0.25) is 0 Å². The number of rotatable bonds is 50. The minimum atomic E-state index is 0.280.